The van der Waals surface area contributed by atoms with Crippen LogP contribution in [0.2, 0.25) is 0 Å². The minimum Gasteiger partial charge on any atom is -0.394 e. The summed E-state index contributed by atoms with van der Waals surface area (Å²) in [6.45, 7) is -0.760. The largest absolute Gasteiger partial charge is 0.394 e. The summed E-state index contributed by atoms with van der Waals surface area (Å²) in [5.41, 5.74) is 0. The lowest BCUT2D eigenvalue weighted by atomic mass is 10.0. The highest BCUT2D eigenvalue weighted by atomic mass is 32.2. The van der Waals surface area contributed by atoms with Gasteiger partial charge in [0, 0.05) is 0 Å². The zero-order valence-electron chi connectivity index (χ0n) is 7.80. The van der Waals surface area contributed by atoms with E-state index in [1.54, 1.807) is 0 Å². The van der Waals surface area contributed by atoms with Gasteiger partial charge in [-0.2, -0.15) is 0 Å². The van der Waals surface area contributed by atoms with Gasteiger partial charge in [0.15, 0.2) is 6.29 Å². The van der Waals surface area contributed by atoms with Crippen molar-refractivity contribution in [2.24, 2.45) is 10.3 Å². The Morgan fingerprint density at radius 1 is 1.13 bits per heavy atom. The Morgan fingerprint density at radius 2 is 1.53 bits per heavy atom. The first kappa shape index (κ1) is 17.1. The number of carbonyl (C=O) groups excluding carboxylic acids is 1. The van der Waals surface area contributed by atoms with Gasteiger partial charge < -0.3 is 30.3 Å². The maximum absolute atomic E-state index is 9.90. The molecule has 0 aromatic carbocycles. The Morgan fingerprint density at radius 3 is 1.80 bits per heavy atom. The van der Waals surface area contributed by atoms with E-state index in [1.807, 2.05) is 0 Å². The number of hydrogen-bond donors (Lipinski definition) is 7. The van der Waals surface area contributed by atoms with Crippen LogP contribution < -0.4 is 10.3 Å². The second-order valence-corrected chi connectivity index (χ2v) is 2.77. The van der Waals surface area contributed by atoms with Crippen molar-refractivity contribution in [3.63, 3.8) is 0 Å². The molecule has 0 aliphatic carbocycles. The highest BCUT2D eigenvalue weighted by molar-refractivity contribution is 7.94. The summed E-state index contributed by atoms with van der Waals surface area (Å²) >= 11 is 0.750. The van der Waals surface area contributed by atoms with Crippen LogP contribution in [0.5, 0.6) is 0 Å². The number of aldehydes is 1. The second-order valence-electron chi connectivity index (χ2n) is 2.49. The quantitative estimate of drug-likeness (QED) is 0.188. The van der Waals surface area contributed by atoms with Crippen LogP contribution >= 0.6 is 12.1 Å². The van der Waals surface area contributed by atoms with Crippen molar-refractivity contribution >= 4 is 18.4 Å². The predicted octanol–water partition coefficient (Wildman–Crippen LogP) is -3.91. The molecule has 0 heterocycles. The monoisotopic (exact) mass is 244 g/mol. The van der Waals surface area contributed by atoms with Crippen molar-refractivity contribution in [1.82, 2.24) is 0 Å². The maximum atomic E-state index is 9.90. The van der Waals surface area contributed by atoms with Gasteiger partial charge in [0.05, 0.1) is 6.61 Å². The lowest BCUT2D eigenvalue weighted by molar-refractivity contribution is -0.136. The van der Waals surface area contributed by atoms with E-state index in [-0.39, 0.29) is 6.29 Å². The second kappa shape index (κ2) is 10.3. The molecule has 9 heteroatoms. The molecular weight excluding hydrogens is 228 g/mol. The predicted molar refractivity (Wildman–Crippen MR) is 53.1 cm³/mol. The minimum atomic E-state index is -1.79. The van der Waals surface area contributed by atoms with Gasteiger partial charge in [0.25, 0.3) is 0 Å². The molecule has 0 amide bonds. The number of carbonyl (C=O) groups is 1. The summed E-state index contributed by atoms with van der Waals surface area (Å²) in [5.74, 6) is 0. The lowest BCUT2D eigenvalue weighted by Gasteiger charge is -2.22. The Hall–Kier alpha value is -0.260. The summed E-state index contributed by atoms with van der Waals surface area (Å²) in [5, 5.41) is 52.6. The first-order valence-corrected chi connectivity index (χ1v) is 4.74. The van der Waals surface area contributed by atoms with E-state index in [0.717, 1.165) is 12.1 Å². The number of hydrogen-bond acceptors (Lipinski definition) is 9. The van der Waals surface area contributed by atoms with E-state index in [4.69, 9.17) is 25.5 Å². The topological polar surface area (TPSA) is 170 Å². The summed E-state index contributed by atoms with van der Waals surface area (Å²) in [6.07, 6.45) is -6.84. The molecule has 9 N–H and O–H groups in total. The van der Waals surface area contributed by atoms with Crippen LogP contribution in [0.25, 0.3) is 0 Å². The Labute approximate surface area is 90.8 Å². The average molecular weight is 244 g/mol. The number of nitrogens with two attached hydrogens (primary N) is 2. The van der Waals surface area contributed by atoms with Gasteiger partial charge in [0.2, 0.25) is 0 Å². The number of rotatable bonds is 5. The Kier molecular flexibility index (Phi) is 11.7. The van der Waals surface area contributed by atoms with Crippen molar-refractivity contribution in [1.29, 1.82) is 0 Å². The van der Waals surface area contributed by atoms with Gasteiger partial charge in [-0.3, -0.25) is 10.3 Å². The third kappa shape index (κ3) is 7.64. The molecule has 8 nitrogen and oxygen atoms in total. The zero-order valence-corrected chi connectivity index (χ0v) is 8.62. The molecule has 0 bridgehead atoms. The standard InChI is InChI=1S/C6H12O6.H4N2S/c7-1-3(9)5(11)6(12)4(10)2-8;1-3-2/h1,3-6,8-12H,2H2;1-2H2/t3-,4+,5+,6+;/m0./s1. The van der Waals surface area contributed by atoms with Gasteiger partial charge in [-0.05, 0) is 12.1 Å². The van der Waals surface area contributed by atoms with E-state index in [9.17, 15) is 4.79 Å². The highest BCUT2D eigenvalue weighted by Crippen LogP contribution is 2.02. The fraction of sp³-hybridized carbons (Fsp3) is 0.833. The Bertz CT molecular complexity index is 163. The van der Waals surface area contributed by atoms with Gasteiger partial charge in [-0.1, -0.05) is 0 Å². The van der Waals surface area contributed by atoms with Crippen molar-refractivity contribution in [2.75, 3.05) is 6.61 Å². The molecule has 0 saturated heterocycles. The van der Waals surface area contributed by atoms with E-state index in [0.29, 0.717) is 0 Å². The molecule has 0 aromatic rings. The first-order chi connectivity index (χ1) is 6.95. The number of aliphatic hydroxyl groups excluding tert-OH is 5. The fourth-order valence-electron chi connectivity index (χ4n) is 0.618. The molecule has 0 aliphatic heterocycles. The average Bonchev–Trinajstić information content (AvgIpc) is 2.25. The summed E-state index contributed by atoms with van der Waals surface area (Å²) < 4.78 is 0. The third-order valence-corrected chi connectivity index (χ3v) is 1.42. The molecule has 0 unspecified atom stereocenters. The van der Waals surface area contributed by atoms with Crippen LogP contribution in [-0.4, -0.2) is 62.8 Å². The van der Waals surface area contributed by atoms with Crippen molar-refractivity contribution in [2.45, 2.75) is 24.4 Å². The van der Waals surface area contributed by atoms with Gasteiger partial charge in [0.1, 0.15) is 24.4 Å². The van der Waals surface area contributed by atoms with Crippen LogP contribution in [-0.2, 0) is 4.79 Å². The summed E-state index contributed by atoms with van der Waals surface area (Å²) in [6, 6.07) is 0. The van der Waals surface area contributed by atoms with E-state index < -0.39 is 31.0 Å². The fourth-order valence-corrected chi connectivity index (χ4v) is 0.618. The molecule has 0 saturated carbocycles. The van der Waals surface area contributed by atoms with E-state index in [2.05, 4.69) is 10.3 Å². The van der Waals surface area contributed by atoms with Gasteiger partial charge in [-0.15, -0.1) is 0 Å². The summed E-state index contributed by atoms with van der Waals surface area (Å²) in [4.78, 5) is 9.90. The summed E-state index contributed by atoms with van der Waals surface area (Å²) in [7, 11) is 0. The zero-order chi connectivity index (χ0) is 12.4. The molecule has 0 radical (unpaired) electrons. The van der Waals surface area contributed by atoms with Crippen molar-refractivity contribution in [3.8, 4) is 0 Å². The van der Waals surface area contributed by atoms with Gasteiger partial charge >= 0.3 is 0 Å². The third-order valence-electron chi connectivity index (χ3n) is 1.42. The first-order valence-electron chi connectivity index (χ1n) is 3.80. The molecule has 4 atom stereocenters. The minimum absolute atomic E-state index is 0.0258. The molecule has 0 aromatic heterocycles. The normalized spacial score (nSPS) is 18.1. The van der Waals surface area contributed by atoms with Crippen LogP contribution in [0, 0.1) is 0 Å². The molecule has 15 heavy (non-hydrogen) atoms. The molecule has 0 aliphatic rings. The molecular formula is C6H16N2O6S. The molecule has 0 fully saturated rings. The van der Waals surface area contributed by atoms with Crippen LogP contribution in [0.1, 0.15) is 0 Å². The SMILES string of the molecule is NSN.O=C[C@H](O)[C@@H](O)[C@H](O)[C@H](O)CO. The molecule has 0 rings (SSSR count). The van der Waals surface area contributed by atoms with Crippen molar-refractivity contribution in [3.05, 3.63) is 0 Å². The van der Waals surface area contributed by atoms with Crippen LogP contribution in [0.3, 0.4) is 0 Å². The van der Waals surface area contributed by atoms with Crippen LogP contribution in [0.4, 0.5) is 0 Å². The molecule has 92 valence electrons. The highest BCUT2D eigenvalue weighted by Gasteiger charge is 2.29. The Balaban J connectivity index is 0. The van der Waals surface area contributed by atoms with Crippen LogP contribution in [0.15, 0.2) is 0 Å². The van der Waals surface area contributed by atoms with E-state index in [1.165, 1.54) is 0 Å². The van der Waals surface area contributed by atoms with Gasteiger partial charge in [-0.25, -0.2) is 0 Å². The van der Waals surface area contributed by atoms with E-state index >= 15 is 0 Å². The maximum Gasteiger partial charge on any atom is 0.151 e. The number of aliphatic hydroxyl groups is 5. The van der Waals surface area contributed by atoms with Crippen molar-refractivity contribution < 1.29 is 30.3 Å². The molecule has 0 spiro atoms. The smallest absolute Gasteiger partial charge is 0.151 e. The lowest BCUT2D eigenvalue weighted by Crippen LogP contribution is -2.46.